The molecule has 2 rings (SSSR count). The van der Waals surface area contributed by atoms with Crippen LogP contribution in [0.25, 0.3) is 0 Å². The van der Waals surface area contributed by atoms with E-state index in [4.69, 9.17) is 5.84 Å². The Morgan fingerprint density at radius 1 is 1.12 bits per heavy atom. The highest BCUT2D eigenvalue weighted by Gasteiger charge is 1.98. The molecule has 0 bridgehead atoms. The maximum absolute atomic E-state index is 5.31. The zero-order chi connectivity index (χ0) is 11.4. The first-order valence-electron chi connectivity index (χ1n) is 4.95. The van der Waals surface area contributed by atoms with Crippen LogP contribution in [0.2, 0.25) is 0 Å². The lowest BCUT2D eigenvalue weighted by Gasteiger charge is -2.04. The first-order chi connectivity index (χ1) is 7.78. The molecule has 1 heterocycles. The number of aromatic nitrogens is 1. The molecule has 0 unspecified atom stereocenters. The minimum absolute atomic E-state index is 0.678. The van der Waals surface area contributed by atoms with E-state index in [1.54, 1.807) is 18.0 Å². The van der Waals surface area contributed by atoms with Gasteiger partial charge in [0.05, 0.1) is 0 Å². The van der Waals surface area contributed by atoms with Gasteiger partial charge in [-0.15, -0.1) is 0 Å². The van der Waals surface area contributed by atoms with Crippen LogP contribution < -0.4 is 11.3 Å². The number of benzene rings is 1. The van der Waals surface area contributed by atoms with Crippen molar-refractivity contribution in [2.24, 2.45) is 5.84 Å². The number of nitrogens with one attached hydrogen (secondary N) is 1. The molecule has 16 heavy (non-hydrogen) atoms. The third-order valence-corrected chi connectivity index (χ3v) is 3.13. The van der Waals surface area contributed by atoms with Crippen LogP contribution in [0.15, 0.2) is 52.4 Å². The number of nitrogen functional groups attached to an aromatic ring is 1. The molecule has 82 valence electrons. The third kappa shape index (κ3) is 2.74. The van der Waals surface area contributed by atoms with Gasteiger partial charge >= 0.3 is 0 Å². The van der Waals surface area contributed by atoms with Gasteiger partial charge in [-0.2, -0.15) is 0 Å². The quantitative estimate of drug-likeness (QED) is 0.630. The Bertz CT molecular complexity index is 468. The normalized spacial score (nSPS) is 10.1. The average Bonchev–Trinajstić information content (AvgIpc) is 2.32. The smallest absolute Gasteiger partial charge is 0.140 e. The molecule has 4 heteroatoms. The maximum Gasteiger partial charge on any atom is 0.140 e. The van der Waals surface area contributed by atoms with Crippen LogP contribution in [0.3, 0.4) is 0 Å². The van der Waals surface area contributed by atoms with Crippen LogP contribution in [0.1, 0.15) is 5.56 Å². The van der Waals surface area contributed by atoms with Gasteiger partial charge < -0.3 is 5.43 Å². The molecule has 0 saturated carbocycles. The van der Waals surface area contributed by atoms with Crippen molar-refractivity contribution < 1.29 is 0 Å². The number of rotatable bonds is 3. The van der Waals surface area contributed by atoms with Crippen molar-refractivity contribution in [3.05, 3.63) is 48.2 Å². The summed E-state index contributed by atoms with van der Waals surface area (Å²) in [7, 11) is 0. The molecule has 0 saturated heterocycles. The summed E-state index contributed by atoms with van der Waals surface area (Å²) in [4.78, 5) is 6.39. The summed E-state index contributed by atoms with van der Waals surface area (Å²) >= 11 is 1.69. The van der Waals surface area contributed by atoms with E-state index >= 15 is 0 Å². The number of nitrogens with two attached hydrogens (primary N) is 1. The van der Waals surface area contributed by atoms with Gasteiger partial charge in [0, 0.05) is 16.0 Å². The number of pyridine rings is 1. The Morgan fingerprint density at radius 3 is 2.56 bits per heavy atom. The number of aryl methyl sites for hydroxylation is 1. The van der Waals surface area contributed by atoms with Crippen LogP contribution in [-0.4, -0.2) is 4.98 Å². The highest BCUT2D eigenvalue weighted by atomic mass is 32.2. The SMILES string of the molecule is Cc1ccc(Sc2ccnc(NN)c2)cc1. The van der Waals surface area contributed by atoms with Crippen molar-refractivity contribution in [3.8, 4) is 0 Å². The molecule has 3 N–H and O–H groups in total. The topological polar surface area (TPSA) is 50.9 Å². The molecule has 3 nitrogen and oxygen atoms in total. The third-order valence-electron chi connectivity index (χ3n) is 2.14. The van der Waals surface area contributed by atoms with E-state index in [1.807, 2.05) is 12.1 Å². The molecular formula is C12H13N3S. The molecule has 0 radical (unpaired) electrons. The van der Waals surface area contributed by atoms with E-state index in [9.17, 15) is 0 Å². The van der Waals surface area contributed by atoms with Gasteiger partial charge in [0.25, 0.3) is 0 Å². The Morgan fingerprint density at radius 2 is 1.88 bits per heavy atom. The van der Waals surface area contributed by atoms with Crippen molar-refractivity contribution in [2.75, 3.05) is 5.43 Å². The Balaban J connectivity index is 2.16. The van der Waals surface area contributed by atoms with Gasteiger partial charge in [0.15, 0.2) is 0 Å². The predicted octanol–water partition coefficient (Wildman–Crippen LogP) is 2.83. The Labute approximate surface area is 99.1 Å². The first-order valence-corrected chi connectivity index (χ1v) is 5.77. The summed E-state index contributed by atoms with van der Waals surface area (Å²) < 4.78 is 0. The van der Waals surface area contributed by atoms with E-state index in [0.29, 0.717) is 5.82 Å². The van der Waals surface area contributed by atoms with Crippen molar-refractivity contribution in [1.29, 1.82) is 0 Å². The fourth-order valence-corrected chi connectivity index (χ4v) is 2.14. The average molecular weight is 231 g/mol. The lowest BCUT2D eigenvalue weighted by Crippen LogP contribution is -2.07. The fourth-order valence-electron chi connectivity index (χ4n) is 1.30. The van der Waals surface area contributed by atoms with Crippen LogP contribution >= 0.6 is 11.8 Å². The molecule has 1 aromatic carbocycles. The highest BCUT2D eigenvalue weighted by molar-refractivity contribution is 7.99. The second kappa shape index (κ2) is 5.01. The molecule has 2 aromatic rings. The molecule has 0 fully saturated rings. The summed E-state index contributed by atoms with van der Waals surface area (Å²) in [6.45, 7) is 2.08. The number of hydrazine groups is 1. The molecule has 0 amide bonds. The van der Waals surface area contributed by atoms with Crippen molar-refractivity contribution in [1.82, 2.24) is 4.98 Å². The van der Waals surface area contributed by atoms with E-state index in [2.05, 4.69) is 41.6 Å². The molecular weight excluding hydrogens is 218 g/mol. The van der Waals surface area contributed by atoms with Crippen LogP contribution in [0.5, 0.6) is 0 Å². The van der Waals surface area contributed by atoms with Gasteiger partial charge in [0.1, 0.15) is 5.82 Å². The van der Waals surface area contributed by atoms with Crippen molar-refractivity contribution in [3.63, 3.8) is 0 Å². The first kappa shape index (κ1) is 11.0. The van der Waals surface area contributed by atoms with Gasteiger partial charge in [0.2, 0.25) is 0 Å². The van der Waals surface area contributed by atoms with Crippen molar-refractivity contribution in [2.45, 2.75) is 16.7 Å². The van der Waals surface area contributed by atoms with E-state index in [0.717, 1.165) is 4.90 Å². The molecule has 0 aliphatic rings. The van der Waals surface area contributed by atoms with Crippen LogP contribution in [0.4, 0.5) is 5.82 Å². The van der Waals surface area contributed by atoms with Gasteiger partial charge in [-0.25, -0.2) is 10.8 Å². The summed E-state index contributed by atoms with van der Waals surface area (Å²) in [5.41, 5.74) is 3.80. The minimum Gasteiger partial charge on any atom is -0.308 e. The lowest BCUT2D eigenvalue weighted by molar-refractivity contribution is 1.19. The number of nitrogens with zero attached hydrogens (tertiary/aromatic N) is 1. The maximum atomic E-state index is 5.31. The van der Waals surface area contributed by atoms with E-state index in [-0.39, 0.29) is 0 Å². The molecule has 0 atom stereocenters. The highest BCUT2D eigenvalue weighted by Crippen LogP contribution is 2.28. The second-order valence-electron chi connectivity index (χ2n) is 3.44. The monoisotopic (exact) mass is 231 g/mol. The molecule has 0 aliphatic carbocycles. The summed E-state index contributed by atoms with van der Waals surface area (Å²) in [5, 5.41) is 0. The van der Waals surface area contributed by atoms with Crippen LogP contribution in [0, 0.1) is 6.92 Å². The number of anilines is 1. The van der Waals surface area contributed by atoms with Crippen molar-refractivity contribution >= 4 is 17.6 Å². The minimum atomic E-state index is 0.678. The van der Waals surface area contributed by atoms with E-state index in [1.165, 1.54) is 10.5 Å². The van der Waals surface area contributed by atoms with Crippen LogP contribution in [-0.2, 0) is 0 Å². The molecule has 1 aromatic heterocycles. The number of hydrogen-bond donors (Lipinski definition) is 2. The fraction of sp³-hybridized carbons (Fsp3) is 0.0833. The van der Waals surface area contributed by atoms with Gasteiger partial charge in [-0.3, -0.25) is 0 Å². The summed E-state index contributed by atoms with van der Waals surface area (Å²) in [6, 6.07) is 12.3. The standard InChI is InChI=1S/C12H13N3S/c1-9-2-4-10(5-3-9)16-11-6-7-14-12(8-11)15-13/h2-8H,13H2,1H3,(H,14,15). The summed E-state index contributed by atoms with van der Waals surface area (Å²) in [5.74, 6) is 5.99. The predicted molar refractivity (Wildman–Crippen MR) is 67.3 cm³/mol. The van der Waals surface area contributed by atoms with Gasteiger partial charge in [-0.05, 0) is 31.2 Å². The summed E-state index contributed by atoms with van der Waals surface area (Å²) in [6.07, 6.45) is 1.74. The zero-order valence-electron chi connectivity index (χ0n) is 8.97. The largest absolute Gasteiger partial charge is 0.308 e. The lowest BCUT2D eigenvalue weighted by atomic mass is 10.2. The molecule has 0 aliphatic heterocycles. The van der Waals surface area contributed by atoms with E-state index < -0.39 is 0 Å². The zero-order valence-corrected chi connectivity index (χ0v) is 9.79. The Hall–Kier alpha value is -1.52. The number of hydrogen-bond acceptors (Lipinski definition) is 4. The second-order valence-corrected chi connectivity index (χ2v) is 4.58. The molecule has 0 spiro atoms. The van der Waals surface area contributed by atoms with Gasteiger partial charge in [-0.1, -0.05) is 29.5 Å². The Kier molecular flexibility index (Phi) is 3.44.